The molecule has 2 aromatic heterocycles. The predicted molar refractivity (Wildman–Crippen MR) is 106 cm³/mol. The molecule has 0 saturated heterocycles. The van der Waals surface area contributed by atoms with E-state index in [1.54, 1.807) is 25.6 Å². The van der Waals surface area contributed by atoms with Gasteiger partial charge in [0.15, 0.2) is 11.5 Å². The lowest BCUT2D eigenvalue weighted by Crippen LogP contribution is -2.15. The number of nitrogens with zero attached hydrogens (tertiary/aromatic N) is 1. The summed E-state index contributed by atoms with van der Waals surface area (Å²) in [6.07, 6.45) is 2.58. The van der Waals surface area contributed by atoms with Gasteiger partial charge in [-0.05, 0) is 42.5 Å². The number of aromatic nitrogens is 2. The fourth-order valence-corrected chi connectivity index (χ4v) is 3.80. The third-order valence-electron chi connectivity index (χ3n) is 4.62. The van der Waals surface area contributed by atoms with E-state index in [1.807, 2.05) is 35.7 Å². The number of carbonyl (C=O) groups is 1. The van der Waals surface area contributed by atoms with E-state index in [2.05, 4.69) is 15.5 Å². The van der Waals surface area contributed by atoms with E-state index >= 15 is 0 Å². The average molecular weight is 383 g/mol. The minimum atomic E-state index is -0.0394. The minimum absolute atomic E-state index is 0.0394. The molecule has 0 spiro atoms. The molecule has 6 nitrogen and oxygen atoms in total. The van der Waals surface area contributed by atoms with Crippen LogP contribution in [-0.2, 0) is 11.2 Å². The summed E-state index contributed by atoms with van der Waals surface area (Å²) in [5.74, 6) is 1.68. The highest BCUT2D eigenvalue weighted by Gasteiger charge is 2.31. The van der Waals surface area contributed by atoms with Crippen molar-refractivity contribution in [3.8, 4) is 22.8 Å². The lowest BCUT2D eigenvalue weighted by atomic mass is 10.1. The molecule has 7 heteroatoms. The topological polar surface area (TPSA) is 76.2 Å². The fraction of sp³-hybridized carbons (Fsp3) is 0.300. The first-order valence-corrected chi connectivity index (χ1v) is 9.70. The van der Waals surface area contributed by atoms with Gasteiger partial charge in [0.05, 0.1) is 32.0 Å². The summed E-state index contributed by atoms with van der Waals surface area (Å²) in [5, 5.41) is 12.7. The van der Waals surface area contributed by atoms with Gasteiger partial charge in [-0.3, -0.25) is 9.89 Å². The number of thiophene rings is 1. The van der Waals surface area contributed by atoms with Gasteiger partial charge in [-0.2, -0.15) is 5.10 Å². The van der Waals surface area contributed by atoms with Crippen LogP contribution in [0.5, 0.6) is 11.5 Å². The van der Waals surface area contributed by atoms with Crippen LogP contribution in [0.4, 0.5) is 5.69 Å². The lowest BCUT2D eigenvalue weighted by Gasteiger charge is -2.11. The Bertz CT molecular complexity index is 946. The molecule has 3 aromatic rings. The first kappa shape index (κ1) is 17.6. The molecule has 2 N–H and O–H groups in total. The quantitative estimate of drug-likeness (QED) is 0.641. The van der Waals surface area contributed by atoms with Gasteiger partial charge in [-0.25, -0.2) is 0 Å². The molecule has 0 unspecified atom stereocenters. The summed E-state index contributed by atoms with van der Waals surface area (Å²) in [6, 6.07) is 9.56. The molecule has 140 valence electrons. The summed E-state index contributed by atoms with van der Waals surface area (Å²) >= 11 is 1.58. The smallest absolute Gasteiger partial charge is 0.229 e. The molecule has 1 aromatic carbocycles. The van der Waals surface area contributed by atoms with Crippen LogP contribution in [0, 0.1) is 0 Å². The second-order valence-corrected chi connectivity index (χ2v) is 7.54. The molecule has 4 rings (SSSR count). The molecule has 0 bridgehead atoms. The van der Waals surface area contributed by atoms with Crippen LogP contribution in [0.25, 0.3) is 11.3 Å². The number of anilines is 1. The number of aromatic amines is 1. The highest BCUT2D eigenvalue weighted by molar-refractivity contribution is 7.10. The van der Waals surface area contributed by atoms with E-state index < -0.39 is 0 Å². The van der Waals surface area contributed by atoms with Crippen LogP contribution in [0.2, 0.25) is 0 Å². The number of hydrogen-bond donors (Lipinski definition) is 2. The maximum Gasteiger partial charge on any atom is 0.229 e. The molecule has 1 saturated carbocycles. The lowest BCUT2D eigenvalue weighted by molar-refractivity contribution is -0.115. The van der Waals surface area contributed by atoms with E-state index in [-0.39, 0.29) is 5.91 Å². The van der Waals surface area contributed by atoms with Gasteiger partial charge in [0.25, 0.3) is 0 Å². The molecule has 0 aliphatic heterocycles. The van der Waals surface area contributed by atoms with Gasteiger partial charge < -0.3 is 14.8 Å². The predicted octanol–water partition coefficient (Wildman–Crippen LogP) is 4.21. The first-order chi connectivity index (χ1) is 13.2. The molecule has 0 atom stereocenters. The number of nitrogens with one attached hydrogen (secondary N) is 2. The van der Waals surface area contributed by atoms with E-state index in [9.17, 15) is 4.79 Å². The van der Waals surface area contributed by atoms with Crippen molar-refractivity contribution < 1.29 is 14.3 Å². The number of benzene rings is 1. The number of hydrogen-bond acceptors (Lipinski definition) is 5. The van der Waals surface area contributed by atoms with Crippen molar-refractivity contribution in [3.63, 3.8) is 0 Å². The number of ether oxygens (including phenoxy) is 2. The van der Waals surface area contributed by atoms with Crippen LogP contribution in [0.1, 0.15) is 29.3 Å². The number of amides is 1. The SMILES string of the molecule is COc1ccc(-c2n[nH]c(C3CC3)c2NC(=O)Cc2cccs2)cc1OC. The summed E-state index contributed by atoms with van der Waals surface area (Å²) in [4.78, 5) is 13.6. The Balaban J connectivity index is 1.66. The van der Waals surface area contributed by atoms with E-state index in [0.717, 1.165) is 40.4 Å². The van der Waals surface area contributed by atoms with Crippen LogP contribution in [0.3, 0.4) is 0 Å². The van der Waals surface area contributed by atoms with Gasteiger partial charge in [0, 0.05) is 16.4 Å². The first-order valence-electron chi connectivity index (χ1n) is 8.82. The highest BCUT2D eigenvalue weighted by atomic mass is 32.1. The Morgan fingerprint density at radius 2 is 2.07 bits per heavy atom. The molecule has 1 aliphatic carbocycles. The molecule has 2 heterocycles. The van der Waals surface area contributed by atoms with E-state index in [4.69, 9.17) is 9.47 Å². The van der Waals surface area contributed by atoms with Crippen molar-refractivity contribution in [1.29, 1.82) is 0 Å². The van der Waals surface area contributed by atoms with Crippen molar-refractivity contribution in [3.05, 3.63) is 46.3 Å². The standard InChI is InChI=1S/C20H21N3O3S/c1-25-15-8-7-13(10-16(15)26-2)19-20(18(22-23-19)12-5-6-12)21-17(24)11-14-4-3-9-27-14/h3-4,7-10,12H,5-6,11H2,1-2H3,(H,21,24)(H,22,23). The third-order valence-corrected chi connectivity index (χ3v) is 5.49. The zero-order chi connectivity index (χ0) is 18.8. The van der Waals surface area contributed by atoms with Gasteiger partial charge in [0.2, 0.25) is 5.91 Å². The summed E-state index contributed by atoms with van der Waals surface area (Å²) in [6.45, 7) is 0. The number of methoxy groups -OCH3 is 2. The summed E-state index contributed by atoms with van der Waals surface area (Å²) in [5.41, 5.74) is 3.35. The highest BCUT2D eigenvalue weighted by Crippen LogP contribution is 2.45. The normalized spacial score (nSPS) is 13.4. The van der Waals surface area contributed by atoms with Gasteiger partial charge >= 0.3 is 0 Å². The average Bonchev–Trinajstić information content (AvgIpc) is 3.24. The zero-order valence-corrected chi connectivity index (χ0v) is 16.1. The number of rotatable bonds is 7. The Morgan fingerprint density at radius 1 is 1.26 bits per heavy atom. The largest absolute Gasteiger partial charge is 0.493 e. The molecular formula is C20H21N3O3S. The van der Waals surface area contributed by atoms with Crippen molar-refractivity contribution in [2.75, 3.05) is 19.5 Å². The van der Waals surface area contributed by atoms with Crippen LogP contribution < -0.4 is 14.8 Å². The second-order valence-electron chi connectivity index (χ2n) is 6.51. The zero-order valence-electron chi connectivity index (χ0n) is 15.2. The maximum atomic E-state index is 12.6. The van der Waals surface area contributed by atoms with Gasteiger partial charge in [0.1, 0.15) is 5.69 Å². The Morgan fingerprint density at radius 3 is 2.74 bits per heavy atom. The van der Waals surface area contributed by atoms with Crippen molar-refractivity contribution in [2.45, 2.75) is 25.2 Å². The maximum absolute atomic E-state index is 12.6. The minimum Gasteiger partial charge on any atom is -0.493 e. The third kappa shape index (κ3) is 3.68. The monoisotopic (exact) mass is 383 g/mol. The summed E-state index contributed by atoms with van der Waals surface area (Å²) in [7, 11) is 3.21. The molecule has 27 heavy (non-hydrogen) atoms. The molecule has 1 amide bonds. The van der Waals surface area contributed by atoms with Crippen LogP contribution in [0.15, 0.2) is 35.7 Å². The van der Waals surface area contributed by atoms with Crippen LogP contribution >= 0.6 is 11.3 Å². The molecule has 0 radical (unpaired) electrons. The van der Waals surface area contributed by atoms with Crippen molar-refractivity contribution in [1.82, 2.24) is 10.2 Å². The van der Waals surface area contributed by atoms with Crippen molar-refractivity contribution >= 4 is 22.9 Å². The second kappa shape index (κ2) is 7.44. The van der Waals surface area contributed by atoms with Crippen LogP contribution in [-0.4, -0.2) is 30.3 Å². The number of H-pyrrole nitrogens is 1. The van der Waals surface area contributed by atoms with Crippen molar-refractivity contribution in [2.24, 2.45) is 0 Å². The van der Waals surface area contributed by atoms with E-state index in [1.165, 1.54) is 0 Å². The number of carbonyl (C=O) groups excluding carboxylic acids is 1. The van der Waals surface area contributed by atoms with Gasteiger partial charge in [-0.15, -0.1) is 11.3 Å². The molecular weight excluding hydrogens is 362 g/mol. The van der Waals surface area contributed by atoms with E-state index in [0.29, 0.717) is 23.8 Å². The summed E-state index contributed by atoms with van der Waals surface area (Å²) < 4.78 is 10.7. The molecule has 1 fully saturated rings. The molecule has 1 aliphatic rings. The van der Waals surface area contributed by atoms with Gasteiger partial charge in [-0.1, -0.05) is 6.07 Å². The Hall–Kier alpha value is -2.80. The fourth-order valence-electron chi connectivity index (χ4n) is 3.10. The Labute approximate surface area is 161 Å². The Kier molecular flexibility index (Phi) is 4.85.